The van der Waals surface area contributed by atoms with Gasteiger partial charge in [0.05, 0.1) is 23.5 Å². The Morgan fingerprint density at radius 2 is 1.79 bits per heavy atom. The fourth-order valence-corrected chi connectivity index (χ4v) is 3.54. The number of carboxylic acids is 1. The predicted octanol–water partition coefficient (Wildman–Crippen LogP) is 3.99. The van der Waals surface area contributed by atoms with Crippen LogP contribution in [-0.2, 0) is 4.79 Å². The summed E-state index contributed by atoms with van der Waals surface area (Å²) in [5.74, 6) is -1.99. The predicted molar refractivity (Wildman–Crippen MR) is 101 cm³/mol. The monoisotopic (exact) mass is 392 g/mol. The van der Waals surface area contributed by atoms with E-state index in [0.717, 1.165) is 0 Å². The fraction of sp³-hybridized carbons (Fsp3) is 0.136. The molecule has 0 radical (unpaired) electrons. The van der Waals surface area contributed by atoms with Crippen LogP contribution in [0.25, 0.3) is 11.3 Å². The van der Waals surface area contributed by atoms with Crippen molar-refractivity contribution in [1.82, 2.24) is 0 Å². The van der Waals surface area contributed by atoms with Gasteiger partial charge in [-0.3, -0.25) is 9.59 Å². The van der Waals surface area contributed by atoms with Gasteiger partial charge in [-0.05, 0) is 37.3 Å². The molecule has 0 spiro atoms. The SMILES string of the molecule is CC(=O)c1ccc2c(c1O)C(c1ccc(-c3ccccc3C(=O)O)o1)CC(=O)O2. The van der Waals surface area contributed by atoms with E-state index in [2.05, 4.69) is 0 Å². The Hall–Kier alpha value is -3.87. The molecule has 4 rings (SSSR count). The van der Waals surface area contributed by atoms with Gasteiger partial charge in [-0.1, -0.05) is 18.2 Å². The maximum atomic E-state index is 12.1. The number of esters is 1. The van der Waals surface area contributed by atoms with E-state index in [1.165, 1.54) is 25.1 Å². The third kappa shape index (κ3) is 3.16. The van der Waals surface area contributed by atoms with Crippen molar-refractivity contribution in [2.24, 2.45) is 0 Å². The maximum Gasteiger partial charge on any atom is 0.336 e. The number of furan rings is 1. The number of benzene rings is 2. The Labute approximate surface area is 165 Å². The zero-order valence-corrected chi connectivity index (χ0v) is 15.3. The van der Waals surface area contributed by atoms with Gasteiger partial charge in [0.2, 0.25) is 0 Å². The van der Waals surface area contributed by atoms with Gasteiger partial charge >= 0.3 is 11.9 Å². The van der Waals surface area contributed by atoms with Crippen molar-refractivity contribution >= 4 is 17.7 Å². The Morgan fingerprint density at radius 1 is 1.03 bits per heavy atom. The molecule has 29 heavy (non-hydrogen) atoms. The molecule has 0 amide bonds. The smallest absolute Gasteiger partial charge is 0.336 e. The van der Waals surface area contributed by atoms with Gasteiger partial charge in [0.15, 0.2) is 5.78 Å². The van der Waals surface area contributed by atoms with Gasteiger partial charge < -0.3 is 19.4 Å². The van der Waals surface area contributed by atoms with Crippen molar-refractivity contribution in [2.75, 3.05) is 0 Å². The molecular formula is C22H16O7. The lowest BCUT2D eigenvalue weighted by Crippen LogP contribution is -2.21. The molecule has 1 atom stereocenters. The fourth-order valence-electron chi connectivity index (χ4n) is 3.54. The number of phenols is 1. The molecule has 7 heteroatoms. The molecule has 2 N–H and O–H groups in total. The molecule has 1 unspecified atom stereocenters. The molecule has 0 saturated carbocycles. The minimum absolute atomic E-state index is 0.0820. The second-order valence-electron chi connectivity index (χ2n) is 6.71. The number of Topliss-reactive ketones (excluding diaryl/α,β-unsaturated/α-hetero) is 1. The quantitative estimate of drug-likeness (QED) is 0.392. The minimum Gasteiger partial charge on any atom is -0.507 e. The molecule has 0 bridgehead atoms. The first-order chi connectivity index (χ1) is 13.9. The van der Waals surface area contributed by atoms with Crippen LogP contribution in [0.1, 0.15) is 51.3 Å². The molecule has 7 nitrogen and oxygen atoms in total. The second-order valence-corrected chi connectivity index (χ2v) is 6.71. The Balaban J connectivity index is 1.82. The number of carbonyl (C=O) groups is 3. The van der Waals surface area contributed by atoms with E-state index < -0.39 is 17.9 Å². The highest BCUT2D eigenvalue weighted by Crippen LogP contribution is 2.46. The van der Waals surface area contributed by atoms with Gasteiger partial charge in [-0.2, -0.15) is 0 Å². The van der Waals surface area contributed by atoms with Crippen molar-refractivity contribution in [3.05, 3.63) is 71.0 Å². The number of ether oxygens (including phenoxy) is 1. The largest absolute Gasteiger partial charge is 0.507 e. The summed E-state index contributed by atoms with van der Waals surface area (Å²) in [4.78, 5) is 35.4. The van der Waals surface area contributed by atoms with Gasteiger partial charge in [0.1, 0.15) is 23.0 Å². The van der Waals surface area contributed by atoms with E-state index in [1.807, 2.05) is 0 Å². The third-order valence-electron chi connectivity index (χ3n) is 4.89. The second kappa shape index (κ2) is 6.94. The van der Waals surface area contributed by atoms with Crippen LogP contribution in [0.2, 0.25) is 0 Å². The van der Waals surface area contributed by atoms with Crippen molar-refractivity contribution in [3.63, 3.8) is 0 Å². The molecule has 0 fully saturated rings. The standard InChI is InChI=1S/C22H16O7/c1-11(23)12-6-7-18-20(21(12)25)15(10-19(24)29-18)17-9-8-16(28-17)13-4-2-3-5-14(13)22(26)27/h2-9,15,25H,10H2,1H3,(H,26,27). The van der Waals surface area contributed by atoms with Crippen LogP contribution in [0.5, 0.6) is 11.5 Å². The first-order valence-corrected chi connectivity index (χ1v) is 8.86. The number of carboxylic acid groups (broad SMARTS) is 1. The van der Waals surface area contributed by atoms with Crippen LogP contribution >= 0.6 is 0 Å². The van der Waals surface area contributed by atoms with E-state index >= 15 is 0 Å². The van der Waals surface area contributed by atoms with Crippen LogP contribution in [-0.4, -0.2) is 27.9 Å². The van der Waals surface area contributed by atoms with Crippen molar-refractivity contribution in [3.8, 4) is 22.8 Å². The van der Waals surface area contributed by atoms with Crippen molar-refractivity contribution in [1.29, 1.82) is 0 Å². The number of aromatic carboxylic acids is 1. The zero-order valence-electron chi connectivity index (χ0n) is 15.3. The first kappa shape index (κ1) is 18.5. The number of ketones is 1. The number of fused-ring (bicyclic) bond motifs is 1. The molecule has 1 aromatic heterocycles. The summed E-state index contributed by atoms with van der Waals surface area (Å²) in [6.45, 7) is 1.33. The Kier molecular flexibility index (Phi) is 4.43. The van der Waals surface area contributed by atoms with Gasteiger partial charge in [0, 0.05) is 11.1 Å². The average molecular weight is 392 g/mol. The normalized spacial score (nSPS) is 15.5. The number of aromatic hydroxyl groups is 1. The highest BCUT2D eigenvalue weighted by atomic mass is 16.5. The summed E-state index contributed by atoms with van der Waals surface area (Å²) in [6.07, 6.45) is -0.0878. The zero-order chi connectivity index (χ0) is 20.7. The van der Waals surface area contributed by atoms with Crippen molar-refractivity contribution in [2.45, 2.75) is 19.3 Å². The molecule has 1 aliphatic heterocycles. The molecule has 1 aliphatic rings. The van der Waals surface area contributed by atoms with E-state index in [0.29, 0.717) is 22.6 Å². The van der Waals surface area contributed by atoms with Gasteiger partial charge in [-0.15, -0.1) is 0 Å². The lowest BCUT2D eigenvalue weighted by atomic mass is 9.88. The number of carbonyl (C=O) groups excluding carboxylic acids is 2. The van der Waals surface area contributed by atoms with Crippen LogP contribution in [0, 0.1) is 0 Å². The average Bonchev–Trinajstić information content (AvgIpc) is 3.17. The number of hydrogen-bond donors (Lipinski definition) is 2. The number of phenolic OH excluding ortho intramolecular Hbond substituents is 1. The Morgan fingerprint density at radius 3 is 2.52 bits per heavy atom. The van der Waals surface area contributed by atoms with E-state index in [9.17, 15) is 24.6 Å². The van der Waals surface area contributed by atoms with E-state index in [-0.39, 0.29) is 34.8 Å². The van der Waals surface area contributed by atoms with Crippen molar-refractivity contribution < 1.29 is 33.8 Å². The molecule has 2 heterocycles. The maximum absolute atomic E-state index is 12.1. The van der Waals surface area contributed by atoms with Gasteiger partial charge in [0.25, 0.3) is 0 Å². The third-order valence-corrected chi connectivity index (χ3v) is 4.89. The van der Waals surface area contributed by atoms with E-state index in [1.54, 1.807) is 30.3 Å². The Bertz CT molecular complexity index is 1160. The number of hydrogen-bond acceptors (Lipinski definition) is 6. The summed E-state index contributed by atoms with van der Waals surface area (Å²) in [7, 11) is 0. The molecule has 2 aromatic carbocycles. The number of rotatable bonds is 4. The molecular weight excluding hydrogens is 376 g/mol. The van der Waals surface area contributed by atoms with Crippen LogP contribution in [0.3, 0.4) is 0 Å². The van der Waals surface area contributed by atoms with Crippen LogP contribution < -0.4 is 4.74 Å². The topological polar surface area (TPSA) is 114 Å². The summed E-state index contributed by atoms with van der Waals surface area (Å²) >= 11 is 0. The van der Waals surface area contributed by atoms with Gasteiger partial charge in [-0.25, -0.2) is 4.79 Å². The highest BCUT2D eigenvalue weighted by Gasteiger charge is 2.35. The molecule has 146 valence electrons. The molecule has 0 saturated heterocycles. The molecule has 0 aliphatic carbocycles. The minimum atomic E-state index is -1.09. The lowest BCUT2D eigenvalue weighted by molar-refractivity contribution is -0.135. The van der Waals surface area contributed by atoms with E-state index in [4.69, 9.17) is 9.15 Å². The lowest BCUT2D eigenvalue weighted by Gasteiger charge is -2.24. The summed E-state index contributed by atoms with van der Waals surface area (Å²) in [5, 5.41) is 20.0. The highest BCUT2D eigenvalue weighted by molar-refractivity contribution is 5.98. The first-order valence-electron chi connectivity index (χ1n) is 8.86. The van der Waals surface area contributed by atoms with Crippen LogP contribution in [0.15, 0.2) is 52.9 Å². The summed E-state index contributed by atoms with van der Waals surface area (Å²) in [6, 6.07) is 12.5. The summed E-state index contributed by atoms with van der Waals surface area (Å²) in [5.41, 5.74) is 0.893. The summed E-state index contributed by atoms with van der Waals surface area (Å²) < 4.78 is 11.1. The molecule has 3 aromatic rings. The van der Waals surface area contributed by atoms with Crippen LogP contribution in [0.4, 0.5) is 0 Å².